The Labute approximate surface area is 141 Å². The Morgan fingerprint density at radius 2 is 1.67 bits per heavy atom. The van der Waals surface area contributed by atoms with Gasteiger partial charge in [-0.25, -0.2) is 0 Å². The van der Waals surface area contributed by atoms with Crippen LogP contribution in [0.1, 0.15) is 16.7 Å². The van der Waals surface area contributed by atoms with Crippen molar-refractivity contribution in [1.82, 2.24) is 4.98 Å². The minimum atomic E-state index is 0.992. The number of hydrogen-bond donors (Lipinski definition) is 1. The quantitative estimate of drug-likeness (QED) is 0.480. The SMILES string of the molecule is Cc1ccccc1C1=[N+](C)c2cc3[nH]c4ccccc4c3cc2C1. The maximum atomic E-state index is 3.56. The van der Waals surface area contributed by atoms with E-state index in [1.807, 2.05) is 0 Å². The van der Waals surface area contributed by atoms with E-state index >= 15 is 0 Å². The van der Waals surface area contributed by atoms with Crippen molar-refractivity contribution in [3.05, 3.63) is 77.4 Å². The van der Waals surface area contributed by atoms with Gasteiger partial charge in [-0.2, -0.15) is 4.58 Å². The summed E-state index contributed by atoms with van der Waals surface area (Å²) in [5.41, 5.74) is 9.23. The molecule has 1 aliphatic rings. The number of aryl methyl sites for hydroxylation is 1. The van der Waals surface area contributed by atoms with E-state index in [-0.39, 0.29) is 0 Å². The van der Waals surface area contributed by atoms with Gasteiger partial charge in [-0.05, 0) is 30.7 Å². The Bertz CT molecular complexity index is 1150. The molecule has 2 nitrogen and oxygen atoms in total. The molecule has 1 aliphatic heterocycles. The van der Waals surface area contributed by atoms with Gasteiger partial charge in [0, 0.05) is 33.5 Å². The van der Waals surface area contributed by atoms with E-state index in [0.29, 0.717) is 0 Å². The maximum absolute atomic E-state index is 3.56. The number of rotatable bonds is 1. The molecule has 0 atom stereocenters. The summed E-state index contributed by atoms with van der Waals surface area (Å²) in [5.74, 6) is 0. The molecule has 0 saturated carbocycles. The summed E-state index contributed by atoms with van der Waals surface area (Å²) < 4.78 is 2.35. The highest BCUT2D eigenvalue weighted by Gasteiger charge is 2.29. The molecule has 0 radical (unpaired) electrons. The summed E-state index contributed by atoms with van der Waals surface area (Å²) in [4.78, 5) is 3.56. The predicted octanol–water partition coefficient (Wildman–Crippen LogP) is 4.95. The van der Waals surface area contributed by atoms with Crippen LogP contribution < -0.4 is 0 Å². The van der Waals surface area contributed by atoms with Crippen molar-refractivity contribution >= 4 is 33.2 Å². The number of fused-ring (bicyclic) bond motifs is 4. The van der Waals surface area contributed by atoms with Crippen molar-refractivity contribution in [1.29, 1.82) is 0 Å². The van der Waals surface area contributed by atoms with Crippen molar-refractivity contribution < 1.29 is 4.58 Å². The van der Waals surface area contributed by atoms with Gasteiger partial charge in [-0.3, -0.25) is 0 Å². The normalized spacial score (nSPS) is 13.9. The second-order valence-electron chi connectivity index (χ2n) is 6.69. The smallest absolute Gasteiger partial charge is 0.211 e. The average molecular weight is 311 g/mol. The lowest BCUT2D eigenvalue weighted by Crippen LogP contribution is -2.11. The maximum Gasteiger partial charge on any atom is 0.211 e. The highest BCUT2D eigenvalue weighted by molar-refractivity contribution is 6.10. The molecule has 0 spiro atoms. The molecular weight excluding hydrogens is 292 g/mol. The number of benzene rings is 3. The third kappa shape index (κ3) is 1.80. The van der Waals surface area contributed by atoms with Crippen LogP contribution in [0.5, 0.6) is 0 Å². The zero-order chi connectivity index (χ0) is 16.3. The fourth-order valence-corrected chi connectivity index (χ4v) is 4.00. The van der Waals surface area contributed by atoms with E-state index in [1.165, 1.54) is 49.9 Å². The molecule has 0 bridgehead atoms. The van der Waals surface area contributed by atoms with E-state index in [9.17, 15) is 0 Å². The van der Waals surface area contributed by atoms with Crippen LogP contribution in [-0.2, 0) is 6.42 Å². The molecule has 0 unspecified atom stereocenters. The fraction of sp³-hybridized carbons (Fsp3) is 0.136. The van der Waals surface area contributed by atoms with Crippen molar-refractivity contribution in [2.45, 2.75) is 13.3 Å². The van der Waals surface area contributed by atoms with E-state index < -0.39 is 0 Å². The van der Waals surface area contributed by atoms with Crippen LogP contribution in [0.4, 0.5) is 5.69 Å². The zero-order valence-electron chi connectivity index (χ0n) is 13.9. The van der Waals surface area contributed by atoms with Gasteiger partial charge in [-0.15, -0.1) is 0 Å². The van der Waals surface area contributed by atoms with Gasteiger partial charge < -0.3 is 4.98 Å². The van der Waals surface area contributed by atoms with Gasteiger partial charge in [0.1, 0.15) is 7.05 Å². The van der Waals surface area contributed by atoms with E-state index in [1.54, 1.807) is 0 Å². The highest BCUT2D eigenvalue weighted by atomic mass is 15.0. The molecule has 1 N–H and O–H groups in total. The van der Waals surface area contributed by atoms with Crippen molar-refractivity contribution in [2.24, 2.45) is 0 Å². The Kier molecular flexibility index (Phi) is 2.72. The van der Waals surface area contributed by atoms with Gasteiger partial charge in [0.05, 0.1) is 11.9 Å². The van der Waals surface area contributed by atoms with Crippen LogP contribution >= 0.6 is 0 Å². The molecule has 5 rings (SSSR count). The molecular formula is C22H19N2+. The first-order chi connectivity index (χ1) is 11.7. The van der Waals surface area contributed by atoms with E-state index in [0.717, 1.165) is 6.42 Å². The topological polar surface area (TPSA) is 18.8 Å². The monoisotopic (exact) mass is 311 g/mol. The Morgan fingerprint density at radius 3 is 2.54 bits per heavy atom. The van der Waals surface area contributed by atoms with Gasteiger partial charge >= 0.3 is 0 Å². The Morgan fingerprint density at radius 1 is 0.875 bits per heavy atom. The number of nitrogens with zero attached hydrogens (tertiary/aromatic N) is 1. The summed E-state index contributed by atoms with van der Waals surface area (Å²) in [6.45, 7) is 2.19. The second-order valence-corrected chi connectivity index (χ2v) is 6.69. The fourth-order valence-electron chi connectivity index (χ4n) is 4.00. The van der Waals surface area contributed by atoms with Gasteiger partial charge in [0.25, 0.3) is 0 Å². The van der Waals surface area contributed by atoms with E-state index in [4.69, 9.17) is 0 Å². The molecule has 0 amide bonds. The molecule has 24 heavy (non-hydrogen) atoms. The van der Waals surface area contributed by atoms with Crippen molar-refractivity contribution in [3.8, 4) is 0 Å². The Balaban J connectivity index is 1.74. The molecule has 1 aromatic heterocycles. The summed E-state index contributed by atoms with van der Waals surface area (Å²) >= 11 is 0. The summed E-state index contributed by atoms with van der Waals surface area (Å²) in [7, 11) is 2.18. The minimum absolute atomic E-state index is 0.992. The molecule has 0 fully saturated rings. The lowest BCUT2D eigenvalue weighted by atomic mass is 9.99. The number of hydrogen-bond acceptors (Lipinski definition) is 0. The number of aromatic amines is 1. The molecule has 2 heterocycles. The van der Waals surface area contributed by atoms with Crippen molar-refractivity contribution in [3.63, 3.8) is 0 Å². The van der Waals surface area contributed by atoms with Crippen molar-refractivity contribution in [2.75, 3.05) is 7.05 Å². The molecule has 0 aliphatic carbocycles. The molecule has 3 aromatic carbocycles. The lowest BCUT2D eigenvalue weighted by molar-refractivity contribution is -0.401. The minimum Gasteiger partial charge on any atom is -0.354 e. The molecule has 2 heteroatoms. The number of nitrogens with one attached hydrogen (secondary N) is 1. The average Bonchev–Trinajstić information content (AvgIpc) is 3.11. The lowest BCUT2D eigenvalue weighted by Gasteiger charge is -2.02. The van der Waals surface area contributed by atoms with E-state index in [2.05, 4.69) is 84.2 Å². The standard InChI is InChI=1S/C22H19N2/c1-14-7-3-4-8-16(14)22-12-15-11-18-17-9-5-6-10-19(17)23-20(18)13-21(15)24(22)2/h3-11,13,23H,12H2,1-2H3/q+1. The highest BCUT2D eigenvalue weighted by Crippen LogP contribution is 2.35. The molecule has 4 aromatic rings. The number of aromatic nitrogens is 1. The van der Waals surface area contributed by atoms with Crippen LogP contribution in [0.3, 0.4) is 0 Å². The first-order valence-electron chi connectivity index (χ1n) is 8.41. The summed E-state index contributed by atoms with van der Waals surface area (Å²) in [6.07, 6.45) is 0.992. The van der Waals surface area contributed by atoms with Crippen LogP contribution in [0.2, 0.25) is 0 Å². The summed E-state index contributed by atoms with van der Waals surface area (Å²) in [5, 5.41) is 2.63. The second kappa shape index (κ2) is 4.81. The predicted molar refractivity (Wildman–Crippen MR) is 101 cm³/mol. The third-order valence-corrected chi connectivity index (χ3v) is 5.29. The van der Waals surface area contributed by atoms with Crippen LogP contribution in [0.25, 0.3) is 21.8 Å². The molecule has 0 saturated heterocycles. The first kappa shape index (κ1) is 13.6. The Hall–Kier alpha value is -2.87. The molecule has 116 valence electrons. The van der Waals surface area contributed by atoms with Crippen LogP contribution in [0, 0.1) is 6.92 Å². The first-order valence-corrected chi connectivity index (χ1v) is 8.41. The number of para-hydroxylation sites is 1. The van der Waals surface area contributed by atoms with Gasteiger partial charge in [0.15, 0.2) is 5.71 Å². The van der Waals surface area contributed by atoms with Crippen LogP contribution in [-0.4, -0.2) is 22.3 Å². The zero-order valence-corrected chi connectivity index (χ0v) is 13.9. The largest absolute Gasteiger partial charge is 0.354 e. The third-order valence-electron chi connectivity index (χ3n) is 5.29. The number of H-pyrrole nitrogens is 1. The van der Waals surface area contributed by atoms with Gasteiger partial charge in [-0.1, -0.05) is 36.4 Å². The van der Waals surface area contributed by atoms with Crippen LogP contribution in [0.15, 0.2) is 60.7 Å². The summed E-state index contributed by atoms with van der Waals surface area (Å²) in [6, 6.07) is 21.9. The van der Waals surface area contributed by atoms with Gasteiger partial charge in [0.2, 0.25) is 5.69 Å².